The predicted octanol–water partition coefficient (Wildman–Crippen LogP) is 5.07. The summed E-state index contributed by atoms with van der Waals surface area (Å²) in [5.41, 5.74) is -0.0414. The molecule has 0 saturated heterocycles. The number of esters is 2. The van der Waals surface area contributed by atoms with E-state index < -0.39 is 48.2 Å². The first-order valence-electron chi connectivity index (χ1n) is 16.0. The molecule has 1 atom stereocenters. The largest absolute Gasteiger partial charge is 0.496 e. The Morgan fingerprint density at radius 2 is 1.70 bits per heavy atom. The Labute approximate surface area is 290 Å². The Kier molecular flexibility index (Phi) is 12.3. The van der Waals surface area contributed by atoms with Crippen molar-refractivity contribution >= 4 is 36.0 Å². The van der Waals surface area contributed by atoms with Crippen LogP contribution in [0.3, 0.4) is 0 Å². The maximum Gasteiger partial charge on any atom is 0.408 e. The van der Waals surface area contributed by atoms with Crippen LogP contribution in [0, 0.1) is 5.92 Å². The molecule has 1 unspecified atom stereocenters. The molecule has 3 aromatic rings. The number of rotatable bonds is 15. The number of carbonyl (C=O) groups excluding carboxylic acids is 4. The molecular formula is C37H41N3O10. The van der Waals surface area contributed by atoms with E-state index >= 15 is 0 Å². The lowest BCUT2D eigenvalue weighted by atomic mass is 9.95. The van der Waals surface area contributed by atoms with E-state index in [-0.39, 0.29) is 41.1 Å². The van der Waals surface area contributed by atoms with Gasteiger partial charge in [0, 0.05) is 29.7 Å². The Bertz CT molecular complexity index is 1750. The number of carbonyl (C=O) groups is 5. The van der Waals surface area contributed by atoms with Crippen molar-refractivity contribution in [1.82, 2.24) is 15.6 Å². The zero-order chi connectivity index (χ0) is 36.4. The summed E-state index contributed by atoms with van der Waals surface area (Å²) < 4.78 is 21.5. The van der Waals surface area contributed by atoms with Crippen molar-refractivity contribution in [1.29, 1.82) is 0 Å². The van der Waals surface area contributed by atoms with Gasteiger partial charge in [-0.25, -0.2) is 24.2 Å². The number of amides is 2. The van der Waals surface area contributed by atoms with E-state index in [4.69, 9.17) is 18.9 Å². The van der Waals surface area contributed by atoms with Crippen LogP contribution in [0.4, 0.5) is 4.79 Å². The van der Waals surface area contributed by atoms with Gasteiger partial charge in [-0.1, -0.05) is 43.0 Å². The highest BCUT2D eigenvalue weighted by molar-refractivity contribution is 6.04. The lowest BCUT2D eigenvalue weighted by Crippen LogP contribution is -2.45. The normalized spacial score (nSPS) is 13.0. The van der Waals surface area contributed by atoms with E-state index in [1.165, 1.54) is 37.5 Å². The number of nitrogens with zero attached hydrogens (tertiary/aromatic N) is 1. The zero-order valence-electron chi connectivity index (χ0n) is 28.4. The predicted molar refractivity (Wildman–Crippen MR) is 183 cm³/mol. The number of methoxy groups -OCH3 is 1. The Morgan fingerprint density at radius 3 is 2.32 bits per heavy atom. The highest BCUT2D eigenvalue weighted by atomic mass is 16.6. The van der Waals surface area contributed by atoms with Gasteiger partial charge >= 0.3 is 24.0 Å². The molecule has 2 aromatic carbocycles. The zero-order valence-corrected chi connectivity index (χ0v) is 28.4. The average Bonchev–Trinajstić information content (AvgIpc) is 3.92. The lowest BCUT2D eigenvalue weighted by Gasteiger charge is -2.23. The van der Waals surface area contributed by atoms with Crippen LogP contribution < -0.4 is 15.4 Å². The molecule has 264 valence electrons. The summed E-state index contributed by atoms with van der Waals surface area (Å²) in [5.74, 6) is -2.89. The SMILES string of the molecule is C=Cc1cc(C(=O)O)c(-c2ccc(C(=O)NCC3CC3)nc2C(=O)OCCOC(=O)C(Cc2ccccc2)NC(=O)OC(C)(C)C)cc1OC. The van der Waals surface area contributed by atoms with E-state index in [2.05, 4.69) is 22.2 Å². The van der Waals surface area contributed by atoms with Crippen LogP contribution in [0.2, 0.25) is 0 Å². The molecule has 0 aliphatic heterocycles. The second-order valence-electron chi connectivity index (χ2n) is 12.6. The standard InChI is InChI=1S/C37H41N3O10/c1-6-24-19-27(33(42)43)26(20-30(24)47-5)25-14-15-28(32(41)38-21-23-12-13-23)39-31(25)35(45)49-17-16-48-34(44)29(18-22-10-8-7-9-11-22)40-36(46)50-37(2,3)4/h6-11,14-15,19-20,23,29H,1,12-13,16-18,21H2,2-5H3,(H,38,41)(H,40,46)(H,42,43). The van der Waals surface area contributed by atoms with Crippen LogP contribution in [0.5, 0.6) is 5.75 Å². The molecule has 1 fully saturated rings. The van der Waals surface area contributed by atoms with Gasteiger partial charge in [0.1, 0.15) is 36.3 Å². The summed E-state index contributed by atoms with van der Waals surface area (Å²) in [6, 6.07) is 13.5. The number of carboxylic acids is 1. The van der Waals surface area contributed by atoms with Crippen LogP contribution in [0.25, 0.3) is 17.2 Å². The first-order valence-corrected chi connectivity index (χ1v) is 16.0. The summed E-state index contributed by atoms with van der Waals surface area (Å²) in [6.45, 7) is 8.44. The van der Waals surface area contributed by atoms with Crippen molar-refractivity contribution in [2.45, 2.75) is 51.7 Å². The first-order chi connectivity index (χ1) is 23.8. The molecule has 3 N–H and O–H groups in total. The molecule has 50 heavy (non-hydrogen) atoms. The van der Waals surface area contributed by atoms with E-state index in [1.807, 2.05) is 6.07 Å². The van der Waals surface area contributed by atoms with Gasteiger partial charge < -0.3 is 34.7 Å². The van der Waals surface area contributed by atoms with Crippen LogP contribution in [0.15, 0.2) is 61.2 Å². The van der Waals surface area contributed by atoms with Crippen LogP contribution >= 0.6 is 0 Å². The fraction of sp³-hybridized carbons (Fsp3) is 0.351. The lowest BCUT2D eigenvalue weighted by molar-refractivity contribution is -0.147. The molecule has 1 aliphatic rings. The smallest absolute Gasteiger partial charge is 0.408 e. The number of pyridine rings is 1. The van der Waals surface area contributed by atoms with Gasteiger partial charge in [0.25, 0.3) is 5.91 Å². The number of benzene rings is 2. The number of ether oxygens (including phenoxy) is 4. The van der Waals surface area contributed by atoms with Gasteiger partial charge in [0.05, 0.1) is 12.7 Å². The summed E-state index contributed by atoms with van der Waals surface area (Å²) >= 11 is 0. The third kappa shape index (κ3) is 10.4. The molecule has 1 heterocycles. The maximum atomic E-state index is 13.5. The second kappa shape index (κ2) is 16.6. The Morgan fingerprint density at radius 1 is 1.00 bits per heavy atom. The van der Waals surface area contributed by atoms with E-state index in [1.54, 1.807) is 45.0 Å². The van der Waals surface area contributed by atoms with Crippen molar-refractivity contribution in [3.63, 3.8) is 0 Å². The van der Waals surface area contributed by atoms with Crippen molar-refractivity contribution in [3.05, 3.63) is 89.3 Å². The van der Waals surface area contributed by atoms with Gasteiger partial charge in [0.15, 0.2) is 5.69 Å². The van der Waals surface area contributed by atoms with Crippen molar-refractivity contribution in [3.8, 4) is 16.9 Å². The molecule has 13 heteroatoms. The van der Waals surface area contributed by atoms with Gasteiger partial charge in [-0.2, -0.15) is 0 Å². The minimum absolute atomic E-state index is 0.0709. The molecule has 4 rings (SSSR count). The number of carboxylic acid groups (broad SMARTS) is 1. The molecular weight excluding hydrogens is 646 g/mol. The number of hydrogen-bond acceptors (Lipinski definition) is 10. The molecule has 1 saturated carbocycles. The summed E-state index contributed by atoms with van der Waals surface area (Å²) in [6.07, 6.45) is 2.77. The first kappa shape index (κ1) is 37.1. The van der Waals surface area contributed by atoms with Gasteiger partial charge in [-0.3, -0.25) is 4.79 Å². The van der Waals surface area contributed by atoms with Gasteiger partial charge in [-0.05, 0) is 69.4 Å². The fourth-order valence-corrected chi connectivity index (χ4v) is 4.88. The van der Waals surface area contributed by atoms with E-state index in [0.717, 1.165) is 18.4 Å². The number of aromatic nitrogens is 1. The minimum Gasteiger partial charge on any atom is -0.496 e. The van der Waals surface area contributed by atoms with Crippen molar-refractivity contribution in [2.24, 2.45) is 5.92 Å². The Balaban J connectivity index is 1.54. The third-order valence-corrected chi connectivity index (χ3v) is 7.50. The highest BCUT2D eigenvalue weighted by Gasteiger charge is 2.28. The molecule has 0 radical (unpaired) electrons. The van der Waals surface area contributed by atoms with Crippen LogP contribution in [-0.2, 0) is 25.4 Å². The van der Waals surface area contributed by atoms with Gasteiger partial charge in [0.2, 0.25) is 0 Å². The summed E-state index contributed by atoms with van der Waals surface area (Å²) in [7, 11) is 1.40. The third-order valence-electron chi connectivity index (χ3n) is 7.50. The number of hydrogen-bond donors (Lipinski definition) is 3. The quantitative estimate of drug-likeness (QED) is 0.110. The fourth-order valence-electron chi connectivity index (χ4n) is 4.88. The average molecular weight is 688 g/mol. The minimum atomic E-state index is -1.28. The van der Waals surface area contributed by atoms with E-state index in [0.29, 0.717) is 23.8 Å². The topological polar surface area (TPSA) is 179 Å². The van der Waals surface area contributed by atoms with Gasteiger partial charge in [-0.15, -0.1) is 0 Å². The molecule has 1 aliphatic carbocycles. The number of aromatic carboxylic acids is 1. The summed E-state index contributed by atoms with van der Waals surface area (Å²) in [5, 5.41) is 15.4. The molecule has 0 bridgehead atoms. The highest BCUT2D eigenvalue weighted by Crippen LogP contribution is 2.34. The monoisotopic (exact) mass is 687 g/mol. The molecule has 1 aromatic heterocycles. The van der Waals surface area contributed by atoms with Crippen LogP contribution in [0.1, 0.15) is 76.1 Å². The van der Waals surface area contributed by atoms with E-state index in [9.17, 15) is 29.1 Å². The molecule has 2 amide bonds. The van der Waals surface area contributed by atoms with Crippen molar-refractivity contribution in [2.75, 3.05) is 26.9 Å². The molecule has 13 nitrogen and oxygen atoms in total. The second-order valence-corrected chi connectivity index (χ2v) is 12.6. The number of alkyl carbamates (subject to hydrolysis) is 1. The van der Waals surface area contributed by atoms with Crippen LogP contribution in [-0.4, -0.2) is 78.5 Å². The Hall–Kier alpha value is -5.72. The summed E-state index contributed by atoms with van der Waals surface area (Å²) in [4.78, 5) is 68.6. The maximum absolute atomic E-state index is 13.5. The molecule has 0 spiro atoms. The van der Waals surface area contributed by atoms with Crippen molar-refractivity contribution < 1.29 is 48.0 Å². The number of nitrogens with one attached hydrogen (secondary N) is 2.